The first kappa shape index (κ1) is 22.0. The number of rotatable bonds is 7. The second kappa shape index (κ2) is 9.41. The van der Waals surface area contributed by atoms with Crippen LogP contribution in [0.4, 0.5) is 0 Å². The van der Waals surface area contributed by atoms with Crippen LogP contribution in [0.2, 0.25) is 0 Å². The van der Waals surface area contributed by atoms with E-state index in [1.165, 1.54) is 18.2 Å². The minimum absolute atomic E-state index is 0.0674. The molecule has 0 amide bonds. The lowest BCUT2D eigenvalue weighted by Crippen LogP contribution is -2.60. The normalized spacial score (nSPS) is 26.2. The van der Waals surface area contributed by atoms with E-state index in [-0.39, 0.29) is 29.3 Å². The summed E-state index contributed by atoms with van der Waals surface area (Å²) in [7, 11) is 1.55. The van der Waals surface area contributed by atoms with Crippen molar-refractivity contribution in [2.45, 2.75) is 37.1 Å². The van der Waals surface area contributed by atoms with Gasteiger partial charge in [0.1, 0.15) is 41.7 Å². The molecule has 0 spiro atoms. The Morgan fingerprint density at radius 1 is 1.00 bits per heavy atom. The van der Waals surface area contributed by atoms with E-state index in [0.717, 1.165) is 5.56 Å². The van der Waals surface area contributed by atoms with Gasteiger partial charge in [-0.25, -0.2) is 0 Å². The van der Waals surface area contributed by atoms with Gasteiger partial charge < -0.3 is 39.7 Å². The van der Waals surface area contributed by atoms with Crippen LogP contribution in [0.15, 0.2) is 42.5 Å². The third-order valence-electron chi connectivity index (χ3n) is 4.89. The van der Waals surface area contributed by atoms with Crippen molar-refractivity contribution in [1.29, 1.82) is 0 Å². The van der Waals surface area contributed by atoms with Crippen LogP contribution < -0.4 is 9.47 Å². The van der Waals surface area contributed by atoms with E-state index in [9.17, 15) is 30.3 Å². The average molecular weight is 420 g/mol. The molecule has 0 aliphatic carbocycles. The van der Waals surface area contributed by atoms with E-state index in [2.05, 4.69) is 0 Å². The van der Waals surface area contributed by atoms with Crippen LogP contribution in [0.25, 0.3) is 0 Å². The molecule has 0 saturated carbocycles. The summed E-state index contributed by atoms with van der Waals surface area (Å²) in [6.45, 7) is -0.588. The summed E-state index contributed by atoms with van der Waals surface area (Å²) in [6.07, 6.45) is -7.10. The molecule has 3 rings (SSSR count). The number of ketones is 1. The van der Waals surface area contributed by atoms with Crippen LogP contribution >= 0.6 is 0 Å². The number of hydrogen-bond acceptors (Lipinski definition) is 9. The second-order valence-corrected chi connectivity index (χ2v) is 6.94. The maximum absolute atomic E-state index is 12.5. The highest BCUT2D eigenvalue weighted by atomic mass is 16.7. The Bertz CT molecular complexity index is 865. The summed E-state index contributed by atoms with van der Waals surface area (Å²) in [4.78, 5) is 12.5. The zero-order valence-electron chi connectivity index (χ0n) is 16.2. The number of phenolic OH excluding ortho intramolecular Hbond substituents is 1. The van der Waals surface area contributed by atoms with E-state index in [4.69, 9.17) is 14.2 Å². The Morgan fingerprint density at radius 3 is 2.27 bits per heavy atom. The van der Waals surface area contributed by atoms with Crippen LogP contribution in [-0.2, 0) is 11.2 Å². The number of aliphatic hydroxyl groups excluding tert-OH is 4. The first-order chi connectivity index (χ1) is 14.3. The van der Waals surface area contributed by atoms with Crippen molar-refractivity contribution in [3.05, 3.63) is 53.6 Å². The average Bonchev–Trinajstić information content (AvgIpc) is 2.74. The van der Waals surface area contributed by atoms with Crippen LogP contribution in [-0.4, -0.2) is 75.7 Å². The molecular weight excluding hydrogens is 396 g/mol. The quantitative estimate of drug-likeness (QED) is 0.391. The molecule has 1 saturated heterocycles. The summed E-state index contributed by atoms with van der Waals surface area (Å²) < 4.78 is 15.8. The van der Waals surface area contributed by atoms with Gasteiger partial charge in [0, 0.05) is 12.5 Å². The van der Waals surface area contributed by atoms with E-state index in [0.29, 0.717) is 5.75 Å². The van der Waals surface area contributed by atoms with E-state index < -0.39 is 37.3 Å². The number of Topliss-reactive ketones (excluding diaryl/α,β-unsaturated/α-hetero) is 1. The van der Waals surface area contributed by atoms with Gasteiger partial charge in [-0.15, -0.1) is 0 Å². The predicted molar refractivity (Wildman–Crippen MR) is 104 cm³/mol. The zero-order valence-corrected chi connectivity index (χ0v) is 16.2. The van der Waals surface area contributed by atoms with Crippen LogP contribution in [0.3, 0.4) is 0 Å². The number of carbonyl (C=O) groups excluding carboxylic acids is 1. The number of aromatic hydroxyl groups is 1. The Balaban J connectivity index is 1.69. The van der Waals surface area contributed by atoms with Crippen molar-refractivity contribution in [2.24, 2.45) is 0 Å². The van der Waals surface area contributed by atoms with Crippen molar-refractivity contribution in [2.75, 3.05) is 13.7 Å². The first-order valence-electron chi connectivity index (χ1n) is 9.30. The molecular formula is C21H24O9. The highest BCUT2D eigenvalue weighted by Gasteiger charge is 2.44. The van der Waals surface area contributed by atoms with Gasteiger partial charge in [-0.2, -0.15) is 0 Å². The molecule has 9 nitrogen and oxygen atoms in total. The SMILES string of the molecule is COc1ccc(CC(=O)c2ccc(O[C@@H]3O[C@H](CO)[C@H](O)[C@@H](O)[C@H]3O)cc2O)cc1. The number of methoxy groups -OCH3 is 1. The number of hydrogen-bond donors (Lipinski definition) is 5. The minimum Gasteiger partial charge on any atom is -0.507 e. The molecule has 0 unspecified atom stereocenters. The van der Waals surface area contributed by atoms with Crippen molar-refractivity contribution < 1.29 is 44.5 Å². The molecule has 0 aromatic heterocycles. The summed E-state index contributed by atoms with van der Waals surface area (Å²) in [6, 6.07) is 10.9. The minimum atomic E-state index is -1.58. The first-order valence-corrected chi connectivity index (χ1v) is 9.30. The second-order valence-electron chi connectivity index (χ2n) is 6.94. The standard InChI is InChI=1S/C21H24O9/c1-28-12-4-2-11(3-5-12)8-15(23)14-7-6-13(9-16(14)24)29-21-20(27)19(26)18(25)17(10-22)30-21/h2-7,9,17-22,24-27H,8,10H2,1H3/t17-,18+,19-,20-,21-/m1/s1. The van der Waals surface area contributed by atoms with Crippen molar-refractivity contribution in [3.63, 3.8) is 0 Å². The number of benzene rings is 2. The fourth-order valence-electron chi connectivity index (χ4n) is 3.14. The summed E-state index contributed by atoms with van der Waals surface area (Å²) in [5, 5.41) is 49.1. The molecule has 1 fully saturated rings. The van der Waals surface area contributed by atoms with Gasteiger partial charge in [-0.3, -0.25) is 4.79 Å². The van der Waals surface area contributed by atoms with Gasteiger partial charge in [0.15, 0.2) is 5.78 Å². The molecule has 5 N–H and O–H groups in total. The maximum Gasteiger partial charge on any atom is 0.229 e. The highest BCUT2D eigenvalue weighted by molar-refractivity contribution is 6.00. The van der Waals surface area contributed by atoms with Crippen LogP contribution in [0.5, 0.6) is 17.2 Å². The van der Waals surface area contributed by atoms with Gasteiger partial charge in [0.2, 0.25) is 6.29 Å². The lowest BCUT2D eigenvalue weighted by atomic mass is 9.99. The molecule has 5 atom stereocenters. The van der Waals surface area contributed by atoms with Crippen molar-refractivity contribution in [3.8, 4) is 17.2 Å². The summed E-state index contributed by atoms with van der Waals surface area (Å²) >= 11 is 0. The van der Waals surface area contributed by atoms with Gasteiger partial charge >= 0.3 is 0 Å². The molecule has 2 aromatic rings. The maximum atomic E-state index is 12.5. The largest absolute Gasteiger partial charge is 0.507 e. The third-order valence-corrected chi connectivity index (χ3v) is 4.89. The number of ether oxygens (including phenoxy) is 3. The van der Waals surface area contributed by atoms with Gasteiger partial charge in [-0.05, 0) is 29.8 Å². The Kier molecular flexibility index (Phi) is 6.91. The topological polar surface area (TPSA) is 146 Å². The molecule has 9 heteroatoms. The lowest BCUT2D eigenvalue weighted by molar-refractivity contribution is -0.277. The fraction of sp³-hybridized carbons (Fsp3) is 0.381. The molecule has 30 heavy (non-hydrogen) atoms. The Hall–Kier alpha value is -2.69. The predicted octanol–water partition coefficient (Wildman–Crippen LogP) is 0.00490. The van der Waals surface area contributed by atoms with Gasteiger partial charge in [0.25, 0.3) is 0 Å². The fourth-order valence-corrected chi connectivity index (χ4v) is 3.14. The van der Waals surface area contributed by atoms with Crippen molar-refractivity contribution in [1.82, 2.24) is 0 Å². The monoisotopic (exact) mass is 420 g/mol. The molecule has 0 bridgehead atoms. The lowest BCUT2D eigenvalue weighted by Gasteiger charge is -2.39. The number of phenols is 1. The van der Waals surface area contributed by atoms with E-state index in [1.807, 2.05) is 0 Å². The van der Waals surface area contributed by atoms with Crippen LogP contribution in [0.1, 0.15) is 15.9 Å². The third kappa shape index (κ3) is 4.72. The molecule has 1 aliphatic heterocycles. The Morgan fingerprint density at radius 2 is 1.67 bits per heavy atom. The van der Waals surface area contributed by atoms with Gasteiger partial charge in [0.05, 0.1) is 19.3 Å². The smallest absolute Gasteiger partial charge is 0.229 e. The van der Waals surface area contributed by atoms with Gasteiger partial charge in [-0.1, -0.05) is 12.1 Å². The van der Waals surface area contributed by atoms with E-state index >= 15 is 0 Å². The molecule has 1 heterocycles. The van der Waals surface area contributed by atoms with Crippen molar-refractivity contribution >= 4 is 5.78 Å². The highest BCUT2D eigenvalue weighted by Crippen LogP contribution is 2.29. The molecule has 162 valence electrons. The Labute approximate surface area is 172 Å². The molecule has 1 aliphatic rings. The van der Waals surface area contributed by atoms with E-state index in [1.54, 1.807) is 31.4 Å². The summed E-state index contributed by atoms with van der Waals surface area (Å²) in [5.74, 6) is 0.106. The number of aliphatic hydroxyl groups is 4. The molecule has 0 radical (unpaired) electrons. The molecule has 2 aromatic carbocycles. The van der Waals surface area contributed by atoms with Crippen LogP contribution in [0, 0.1) is 0 Å². The summed E-state index contributed by atoms with van der Waals surface area (Å²) in [5.41, 5.74) is 0.841. The number of carbonyl (C=O) groups is 1. The zero-order chi connectivity index (χ0) is 21.8.